The molecular formula is C9H6FNO4. The number of ether oxygens (including phenoxy) is 1. The quantitative estimate of drug-likeness (QED) is 0.404. The number of carbonyl (C=O) groups is 1. The van der Waals surface area contributed by atoms with E-state index in [-0.39, 0.29) is 5.56 Å². The molecule has 0 aromatic heterocycles. The van der Waals surface area contributed by atoms with Crippen molar-refractivity contribution in [3.8, 4) is 0 Å². The lowest BCUT2D eigenvalue weighted by atomic mass is 10.0. The zero-order chi connectivity index (χ0) is 11.2. The molecule has 1 unspecified atom stereocenters. The highest BCUT2D eigenvalue weighted by Gasteiger charge is 2.32. The molecule has 0 bridgehead atoms. The van der Waals surface area contributed by atoms with Gasteiger partial charge in [0.05, 0.1) is 10.5 Å². The van der Waals surface area contributed by atoms with Crippen molar-refractivity contribution < 1.29 is 18.8 Å². The van der Waals surface area contributed by atoms with Crippen molar-refractivity contribution in [3.63, 3.8) is 0 Å². The van der Waals surface area contributed by atoms with E-state index in [9.17, 15) is 19.3 Å². The van der Waals surface area contributed by atoms with Crippen LogP contribution < -0.4 is 0 Å². The highest BCUT2D eigenvalue weighted by atomic mass is 19.1. The molecule has 1 aliphatic heterocycles. The topological polar surface area (TPSA) is 69.4 Å². The number of halogens is 1. The third-order valence-corrected chi connectivity index (χ3v) is 2.26. The minimum absolute atomic E-state index is 0.0654. The lowest BCUT2D eigenvalue weighted by molar-refractivity contribution is -0.387. The average Bonchev–Trinajstić information content (AvgIpc) is 2.41. The Morgan fingerprint density at radius 3 is 2.80 bits per heavy atom. The highest BCUT2D eigenvalue weighted by Crippen LogP contribution is 2.34. The van der Waals surface area contributed by atoms with E-state index in [0.29, 0.717) is 5.56 Å². The van der Waals surface area contributed by atoms with Crippen LogP contribution in [0.3, 0.4) is 0 Å². The molecule has 1 aliphatic rings. The summed E-state index contributed by atoms with van der Waals surface area (Å²) < 4.78 is 18.0. The third kappa shape index (κ3) is 1.34. The predicted octanol–water partition coefficient (Wildman–Crippen LogP) is 1.97. The molecule has 0 N–H and O–H groups in total. The van der Waals surface area contributed by atoms with Crippen LogP contribution in [0.1, 0.15) is 28.9 Å². The fourth-order valence-electron chi connectivity index (χ4n) is 1.52. The summed E-state index contributed by atoms with van der Waals surface area (Å²) in [6.07, 6.45) is -0.553. The first-order valence-corrected chi connectivity index (χ1v) is 4.19. The molecule has 6 heteroatoms. The molecule has 15 heavy (non-hydrogen) atoms. The summed E-state index contributed by atoms with van der Waals surface area (Å²) in [6.45, 7) is 1.58. The molecule has 1 heterocycles. The molecule has 0 aliphatic carbocycles. The minimum Gasteiger partial charge on any atom is -0.454 e. The van der Waals surface area contributed by atoms with Gasteiger partial charge in [-0.3, -0.25) is 10.1 Å². The van der Waals surface area contributed by atoms with Gasteiger partial charge < -0.3 is 4.74 Å². The maximum Gasteiger partial charge on any atom is 0.339 e. The molecule has 1 atom stereocenters. The first kappa shape index (κ1) is 9.57. The number of cyclic esters (lactones) is 1. The van der Waals surface area contributed by atoms with Gasteiger partial charge in [-0.2, -0.15) is 4.39 Å². The monoisotopic (exact) mass is 211 g/mol. The van der Waals surface area contributed by atoms with E-state index in [1.165, 1.54) is 0 Å². The van der Waals surface area contributed by atoms with Gasteiger partial charge in [-0.1, -0.05) is 0 Å². The number of benzene rings is 1. The van der Waals surface area contributed by atoms with E-state index in [0.717, 1.165) is 12.1 Å². The SMILES string of the molecule is CC1OC(=O)c2cc([N+](=O)[O-])c(F)cc21. The summed E-state index contributed by atoms with van der Waals surface area (Å²) in [5.41, 5.74) is -0.293. The molecule has 1 aromatic rings. The van der Waals surface area contributed by atoms with Crippen LogP contribution in [0.4, 0.5) is 10.1 Å². The summed E-state index contributed by atoms with van der Waals surface area (Å²) in [6, 6.07) is 1.89. The van der Waals surface area contributed by atoms with Gasteiger partial charge in [0, 0.05) is 11.6 Å². The zero-order valence-corrected chi connectivity index (χ0v) is 7.69. The molecule has 2 rings (SSSR count). The first-order chi connectivity index (χ1) is 7.00. The van der Waals surface area contributed by atoms with Crippen LogP contribution in [-0.2, 0) is 4.74 Å². The predicted molar refractivity (Wildman–Crippen MR) is 46.9 cm³/mol. The second-order valence-corrected chi connectivity index (χ2v) is 3.20. The smallest absolute Gasteiger partial charge is 0.339 e. The normalized spacial score (nSPS) is 18.5. The van der Waals surface area contributed by atoms with Crippen LogP contribution >= 0.6 is 0 Å². The molecule has 1 aromatic carbocycles. The standard InChI is InChI=1S/C9H6FNO4/c1-4-5-2-7(10)8(11(13)14)3-6(5)9(12)15-4/h2-4H,1H3. The number of rotatable bonds is 1. The Bertz CT molecular complexity index is 471. The molecule has 78 valence electrons. The number of hydrogen-bond acceptors (Lipinski definition) is 4. The van der Waals surface area contributed by atoms with Gasteiger partial charge in [-0.05, 0) is 13.0 Å². The van der Waals surface area contributed by atoms with Crippen molar-refractivity contribution >= 4 is 11.7 Å². The lowest BCUT2D eigenvalue weighted by Crippen LogP contribution is -1.98. The van der Waals surface area contributed by atoms with Crippen molar-refractivity contribution in [3.05, 3.63) is 39.2 Å². The van der Waals surface area contributed by atoms with Gasteiger partial charge in [0.1, 0.15) is 6.10 Å². The van der Waals surface area contributed by atoms with Crippen molar-refractivity contribution in [1.29, 1.82) is 0 Å². The summed E-state index contributed by atoms with van der Waals surface area (Å²) >= 11 is 0. The van der Waals surface area contributed by atoms with Crippen LogP contribution in [0.15, 0.2) is 12.1 Å². The number of nitro groups is 1. The van der Waals surface area contributed by atoms with E-state index in [4.69, 9.17) is 4.74 Å². The number of fused-ring (bicyclic) bond motifs is 1. The van der Waals surface area contributed by atoms with E-state index in [1.54, 1.807) is 6.92 Å². The van der Waals surface area contributed by atoms with Gasteiger partial charge in [0.15, 0.2) is 0 Å². The van der Waals surface area contributed by atoms with Crippen molar-refractivity contribution in [1.82, 2.24) is 0 Å². The Balaban J connectivity index is 2.64. The van der Waals surface area contributed by atoms with Gasteiger partial charge in [-0.15, -0.1) is 0 Å². The number of hydrogen-bond donors (Lipinski definition) is 0. The lowest BCUT2D eigenvalue weighted by Gasteiger charge is -2.01. The largest absolute Gasteiger partial charge is 0.454 e. The molecule has 0 saturated heterocycles. The Morgan fingerprint density at radius 2 is 2.20 bits per heavy atom. The molecule has 0 spiro atoms. The minimum atomic E-state index is -0.955. The van der Waals surface area contributed by atoms with Gasteiger partial charge >= 0.3 is 11.7 Å². The molecule has 0 radical (unpaired) electrons. The van der Waals surface area contributed by atoms with Crippen molar-refractivity contribution in [2.75, 3.05) is 0 Å². The van der Waals surface area contributed by atoms with E-state index in [2.05, 4.69) is 0 Å². The Labute approximate surface area is 83.6 Å². The highest BCUT2D eigenvalue weighted by molar-refractivity contribution is 5.94. The fourth-order valence-corrected chi connectivity index (χ4v) is 1.52. The average molecular weight is 211 g/mol. The summed E-state index contributed by atoms with van der Waals surface area (Å²) in [5.74, 6) is -1.61. The number of carbonyl (C=O) groups excluding carboxylic acids is 1. The van der Waals surface area contributed by atoms with E-state index >= 15 is 0 Å². The number of esters is 1. The Kier molecular flexibility index (Phi) is 1.92. The Hall–Kier alpha value is -1.98. The second kappa shape index (κ2) is 3.01. The summed E-state index contributed by atoms with van der Waals surface area (Å²) in [4.78, 5) is 20.7. The number of nitro benzene ring substituents is 1. The van der Waals surface area contributed by atoms with Crippen LogP contribution in [-0.4, -0.2) is 10.9 Å². The molecule has 0 fully saturated rings. The summed E-state index contributed by atoms with van der Waals surface area (Å²) in [7, 11) is 0. The van der Waals surface area contributed by atoms with E-state index in [1.807, 2.05) is 0 Å². The van der Waals surface area contributed by atoms with Gasteiger partial charge in [0.2, 0.25) is 5.82 Å². The maximum absolute atomic E-state index is 13.2. The van der Waals surface area contributed by atoms with Crippen LogP contribution in [0.5, 0.6) is 0 Å². The molecule has 0 amide bonds. The fraction of sp³-hybridized carbons (Fsp3) is 0.222. The van der Waals surface area contributed by atoms with Crippen LogP contribution in [0.2, 0.25) is 0 Å². The van der Waals surface area contributed by atoms with E-state index < -0.39 is 28.5 Å². The summed E-state index contributed by atoms with van der Waals surface area (Å²) in [5, 5.41) is 10.4. The van der Waals surface area contributed by atoms with Gasteiger partial charge in [-0.25, -0.2) is 4.79 Å². The maximum atomic E-state index is 13.2. The molecule has 0 saturated carbocycles. The van der Waals surface area contributed by atoms with Crippen LogP contribution in [0.25, 0.3) is 0 Å². The molecule has 5 nitrogen and oxygen atoms in total. The first-order valence-electron chi connectivity index (χ1n) is 4.19. The Morgan fingerprint density at radius 1 is 1.53 bits per heavy atom. The number of nitrogens with zero attached hydrogens (tertiary/aromatic N) is 1. The zero-order valence-electron chi connectivity index (χ0n) is 7.69. The third-order valence-electron chi connectivity index (χ3n) is 2.26. The van der Waals surface area contributed by atoms with Crippen molar-refractivity contribution in [2.24, 2.45) is 0 Å². The second-order valence-electron chi connectivity index (χ2n) is 3.20. The van der Waals surface area contributed by atoms with Crippen molar-refractivity contribution in [2.45, 2.75) is 13.0 Å². The van der Waals surface area contributed by atoms with Gasteiger partial charge in [0.25, 0.3) is 0 Å². The molecular weight excluding hydrogens is 205 g/mol. The van der Waals surface area contributed by atoms with Crippen LogP contribution in [0, 0.1) is 15.9 Å².